The van der Waals surface area contributed by atoms with Crippen LogP contribution in [0, 0.1) is 0 Å². The van der Waals surface area contributed by atoms with Crippen LogP contribution in [0.5, 0.6) is 0 Å². The summed E-state index contributed by atoms with van der Waals surface area (Å²) in [6.45, 7) is 3.09. The average molecular weight is 616 g/mol. The van der Waals surface area contributed by atoms with E-state index in [-0.39, 0.29) is 0 Å². The third kappa shape index (κ3) is 8.09. The number of carbonyl (C=O) groups is 1. The van der Waals surface area contributed by atoms with Crippen LogP contribution in [-0.2, 0) is 11.3 Å². The summed E-state index contributed by atoms with van der Waals surface area (Å²) in [6, 6.07) is 29.3. The van der Waals surface area contributed by atoms with Gasteiger partial charge in [0.25, 0.3) is 0 Å². The van der Waals surface area contributed by atoms with Gasteiger partial charge in [0, 0.05) is 42.5 Å². The number of piperidine rings is 1. The number of benzene rings is 2. The molecule has 1 aliphatic rings. The van der Waals surface area contributed by atoms with Crippen molar-refractivity contribution in [3.05, 3.63) is 102 Å². The minimum absolute atomic E-state index is 0.508. The number of nitrogens with zero attached hydrogens (tertiary/aromatic N) is 5. The Morgan fingerprint density at radius 2 is 1.62 bits per heavy atom. The summed E-state index contributed by atoms with van der Waals surface area (Å²) in [7, 11) is 1.87. The smallest absolute Gasteiger partial charge is 0.475 e. The number of likely N-dealkylation sites (tertiary alicyclic amines) is 1. The molecule has 3 N–H and O–H groups in total. The molecule has 1 aliphatic heterocycles. The van der Waals surface area contributed by atoms with Crippen LogP contribution >= 0.6 is 0 Å². The van der Waals surface area contributed by atoms with Crippen molar-refractivity contribution in [3.8, 4) is 33.8 Å². The van der Waals surface area contributed by atoms with Crippen molar-refractivity contribution in [2.45, 2.75) is 31.5 Å². The van der Waals surface area contributed by atoms with Crippen LogP contribution in [0.2, 0.25) is 0 Å². The highest BCUT2D eigenvalue weighted by molar-refractivity contribution is 5.82. The molecular weight excluding hydrogens is 583 g/mol. The number of H-pyrrole nitrogens is 1. The van der Waals surface area contributed by atoms with Gasteiger partial charge in [0.05, 0.1) is 5.69 Å². The number of pyridine rings is 1. The van der Waals surface area contributed by atoms with Crippen molar-refractivity contribution in [1.29, 1.82) is 0 Å². The highest BCUT2D eigenvalue weighted by Crippen LogP contribution is 2.33. The number of aromatic nitrogens is 5. The summed E-state index contributed by atoms with van der Waals surface area (Å²) in [6.07, 6.45) is -1.03. The van der Waals surface area contributed by atoms with Crippen LogP contribution in [0.25, 0.3) is 33.8 Å². The predicted octanol–water partition coefficient (Wildman–Crippen LogP) is 6.65. The maximum atomic E-state index is 10.6. The SMILES string of the molecule is CNc1cc(-c2ccccc2)c(-c2ccc(CN3CCC(c4cc(-c5ccccn5)n[nH]4)CC3)cc2)nn1.O=C(O)C(F)(F)F. The summed E-state index contributed by atoms with van der Waals surface area (Å²) < 4.78 is 31.7. The van der Waals surface area contributed by atoms with Gasteiger partial charge in [-0.05, 0) is 61.3 Å². The fraction of sp³-hybridized carbons (Fsp3) is 0.242. The van der Waals surface area contributed by atoms with E-state index in [0.29, 0.717) is 5.92 Å². The maximum Gasteiger partial charge on any atom is 0.490 e. The quantitative estimate of drug-likeness (QED) is 0.186. The molecule has 0 atom stereocenters. The molecule has 12 heteroatoms. The lowest BCUT2D eigenvalue weighted by Gasteiger charge is -2.31. The molecule has 0 radical (unpaired) electrons. The van der Waals surface area contributed by atoms with E-state index >= 15 is 0 Å². The minimum Gasteiger partial charge on any atom is -0.475 e. The first-order valence-electron chi connectivity index (χ1n) is 14.4. The van der Waals surface area contributed by atoms with Gasteiger partial charge >= 0.3 is 12.1 Å². The van der Waals surface area contributed by atoms with Crippen molar-refractivity contribution >= 4 is 11.8 Å². The zero-order valence-corrected chi connectivity index (χ0v) is 24.5. The number of carboxylic acid groups (broad SMARTS) is 1. The molecular formula is C33H32F3N7O2. The number of halogens is 3. The van der Waals surface area contributed by atoms with E-state index in [9.17, 15) is 13.2 Å². The number of nitrogens with one attached hydrogen (secondary N) is 2. The molecule has 232 valence electrons. The largest absolute Gasteiger partial charge is 0.490 e. The lowest BCUT2D eigenvalue weighted by molar-refractivity contribution is -0.192. The molecule has 0 amide bonds. The molecule has 0 unspecified atom stereocenters. The molecule has 5 aromatic rings. The Labute approximate surface area is 258 Å². The molecule has 9 nitrogen and oxygen atoms in total. The molecule has 0 spiro atoms. The molecule has 0 saturated carbocycles. The third-order valence-corrected chi connectivity index (χ3v) is 7.56. The van der Waals surface area contributed by atoms with E-state index < -0.39 is 12.1 Å². The topological polar surface area (TPSA) is 120 Å². The number of carboxylic acids is 1. The van der Waals surface area contributed by atoms with Gasteiger partial charge in [-0.3, -0.25) is 15.0 Å². The van der Waals surface area contributed by atoms with Crippen molar-refractivity contribution in [2.75, 3.05) is 25.5 Å². The zero-order chi connectivity index (χ0) is 31.8. The predicted molar refractivity (Wildman–Crippen MR) is 165 cm³/mol. The number of aliphatic carboxylic acids is 1. The average Bonchev–Trinajstić information content (AvgIpc) is 3.57. The highest BCUT2D eigenvalue weighted by Gasteiger charge is 2.38. The fourth-order valence-electron chi connectivity index (χ4n) is 5.18. The Hall–Kier alpha value is -5.10. The van der Waals surface area contributed by atoms with Gasteiger partial charge in [0.1, 0.15) is 17.2 Å². The van der Waals surface area contributed by atoms with Crippen molar-refractivity contribution in [1.82, 2.24) is 30.3 Å². The summed E-state index contributed by atoms with van der Waals surface area (Å²) >= 11 is 0. The maximum absolute atomic E-state index is 10.6. The van der Waals surface area contributed by atoms with Gasteiger partial charge in [-0.1, -0.05) is 60.7 Å². The van der Waals surface area contributed by atoms with Crippen LogP contribution in [0.1, 0.15) is 30.0 Å². The Morgan fingerprint density at radius 1 is 0.933 bits per heavy atom. The van der Waals surface area contributed by atoms with Gasteiger partial charge in [0.15, 0.2) is 0 Å². The number of hydrogen-bond donors (Lipinski definition) is 3. The Balaban J connectivity index is 0.000000515. The van der Waals surface area contributed by atoms with E-state index in [2.05, 4.69) is 96.3 Å². The third-order valence-electron chi connectivity index (χ3n) is 7.56. The summed E-state index contributed by atoms with van der Waals surface area (Å²) in [5.41, 5.74) is 8.53. The molecule has 45 heavy (non-hydrogen) atoms. The van der Waals surface area contributed by atoms with Crippen LogP contribution in [0.15, 0.2) is 91.1 Å². The van der Waals surface area contributed by atoms with Gasteiger partial charge in [-0.15, -0.1) is 10.2 Å². The fourth-order valence-corrected chi connectivity index (χ4v) is 5.18. The van der Waals surface area contributed by atoms with Crippen molar-refractivity contribution < 1.29 is 23.1 Å². The summed E-state index contributed by atoms with van der Waals surface area (Å²) in [5.74, 6) is -1.49. The van der Waals surface area contributed by atoms with Crippen molar-refractivity contribution in [2.24, 2.45) is 0 Å². The van der Waals surface area contributed by atoms with E-state index in [1.165, 1.54) is 11.3 Å². The Bertz CT molecular complexity index is 1690. The monoisotopic (exact) mass is 615 g/mol. The van der Waals surface area contributed by atoms with Gasteiger partial charge in [-0.25, -0.2) is 4.79 Å². The molecule has 2 aromatic carbocycles. The standard InChI is InChI=1S/C31H31N7.C2HF3O2/c1-32-30-19-26(23-7-3-2-4-8-23)31(37-36-30)25-12-10-22(11-13-25)21-38-17-14-24(15-18-38)28-20-29(35-34-28)27-9-5-6-16-33-27;3-2(4,5)1(6)7/h2-13,16,19-20,24H,14-15,17-18,21H2,1H3,(H,32,36)(H,34,35);(H,6,7). The van der Waals surface area contributed by atoms with E-state index in [1.54, 1.807) is 0 Å². The lowest BCUT2D eigenvalue weighted by atomic mass is 9.93. The summed E-state index contributed by atoms with van der Waals surface area (Å²) in [4.78, 5) is 15.9. The van der Waals surface area contributed by atoms with Gasteiger partial charge in [0.2, 0.25) is 0 Å². The second kappa shape index (κ2) is 14.1. The minimum atomic E-state index is -5.08. The molecule has 0 aliphatic carbocycles. The lowest BCUT2D eigenvalue weighted by Crippen LogP contribution is -2.32. The number of anilines is 1. The van der Waals surface area contributed by atoms with Crippen LogP contribution in [0.4, 0.5) is 19.0 Å². The van der Waals surface area contributed by atoms with E-state index in [0.717, 1.165) is 72.1 Å². The van der Waals surface area contributed by atoms with Crippen molar-refractivity contribution in [3.63, 3.8) is 0 Å². The Morgan fingerprint density at radius 3 is 2.24 bits per heavy atom. The number of rotatable bonds is 7. The second-order valence-electron chi connectivity index (χ2n) is 10.6. The first kappa shape index (κ1) is 31.3. The molecule has 3 aromatic heterocycles. The van der Waals surface area contributed by atoms with E-state index in [1.807, 2.05) is 37.5 Å². The van der Waals surface area contributed by atoms with Crippen LogP contribution < -0.4 is 5.32 Å². The first-order chi connectivity index (χ1) is 21.7. The van der Waals surface area contributed by atoms with Gasteiger partial charge in [-0.2, -0.15) is 18.3 Å². The number of hydrogen-bond acceptors (Lipinski definition) is 7. The zero-order valence-electron chi connectivity index (χ0n) is 24.5. The molecule has 1 saturated heterocycles. The summed E-state index contributed by atoms with van der Waals surface area (Å²) in [5, 5.41) is 26.9. The van der Waals surface area contributed by atoms with Gasteiger partial charge < -0.3 is 10.4 Å². The second-order valence-corrected chi connectivity index (χ2v) is 10.6. The van der Waals surface area contributed by atoms with E-state index in [4.69, 9.17) is 9.90 Å². The normalized spacial score (nSPS) is 14.0. The molecule has 1 fully saturated rings. The van der Waals surface area contributed by atoms with Crippen LogP contribution in [-0.4, -0.2) is 67.7 Å². The first-order valence-corrected chi connectivity index (χ1v) is 14.4. The Kier molecular flexibility index (Phi) is 9.83. The molecule has 4 heterocycles. The molecule has 6 rings (SSSR count). The molecule has 0 bridgehead atoms. The number of alkyl halides is 3. The van der Waals surface area contributed by atoms with Crippen LogP contribution in [0.3, 0.4) is 0 Å². The highest BCUT2D eigenvalue weighted by atomic mass is 19.4. The number of aromatic amines is 1.